The molecule has 2 N–H and O–H groups in total. The van der Waals surface area contributed by atoms with Crippen LogP contribution in [0.1, 0.15) is 74.5 Å². The summed E-state index contributed by atoms with van der Waals surface area (Å²) in [5.74, 6) is 0.882. The van der Waals surface area contributed by atoms with Gasteiger partial charge in [-0.25, -0.2) is 4.39 Å². The van der Waals surface area contributed by atoms with Crippen LogP contribution in [0.15, 0.2) is 48.5 Å². The Kier molecular flexibility index (Phi) is 8.47. The van der Waals surface area contributed by atoms with E-state index in [1.165, 1.54) is 37.7 Å². The predicted molar refractivity (Wildman–Crippen MR) is 143 cm³/mol. The number of hydrogen-bond donors (Lipinski definition) is 1. The fourth-order valence-corrected chi connectivity index (χ4v) is 8.14. The Morgan fingerprint density at radius 3 is 2.63 bits per heavy atom. The minimum Gasteiger partial charge on any atom is -1.00 e. The summed E-state index contributed by atoms with van der Waals surface area (Å²) in [5, 5.41) is 2.23. The molecule has 0 aromatic heterocycles. The first kappa shape index (κ1) is 27.6. The summed E-state index contributed by atoms with van der Waals surface area (Å²) < 4.78 is 21.9. The normalized spacial score (nSPS) is 31.9. The number of fused-ring (bicyclic) bond motifs is 2. The molecule has 3 aliphatic heterocycles. The lowest BCUT2D eigenvalue weighted by Gasteiger charge is -2.46. The molecule has 1 amide bonds. The number of likely N-dealkylation sites (tertiary alicyclic amines) is 1. The largest absolute Gasteiger partial charge is 1.00 e. The van der Waals surface area contributed by atoms with Gasteiger partial charge in [0.05, 0.1) is 31.2 Å². The van der Waals surface area contributed by atoms with Gasteiger partial charge in [-0.3, -0.25) is 4.79 Å². The summed E-state index contributed by atoms with van der Waals surface area (Å²) in [5.41, 5.74) is 2.57. The minimum atomic E-state index is -0.601. The lowest BCUT2D eigenvalue weighted by atomic mass is 9.69. The Morgan fingerprint density at radius 1 is 1.05 bits per heavy atom. The van der Waals surface area contributed by atoms with Gasteiger partial charge in [0.1, 0.15) is 11.7 Å². The van der Waals surface area contributed by atoms with Crippen molar-refractivity contribution >= 4 is 5.91 Å². The molecule has 4 nitrogen and oxygen atoms in total. The number of rotatable bonds is 3. The number of hydrogen-bond acceptors (Lipinski definition) is 2. The van der Waals surface area contributed by atoms with Gasteiger partial charge >= 0.3 is 0 Å². The van der Waals surface area contributed by atoms with Crippen LogP contribution in [0.4, 0.5) is 4.39 Å². The van der Waals surface area contributed by atoms with Gasteiger partial charge in [0.2, 0.25) is 5.91 Å². The molecule has 0 bridgehead atoms. The second kappa shape index (κ2) is 11.7. The summed E-state index contributed by atoms with van der Waals surface area (Å²) in [6, 6.07) is 16.6. The first-order valence-corrected chi connectivity index (χ1v) is 14.6. The lowest BCUT2D eigenvalue weighted by Crippen LogP contribution is -3.00. The van der Waals surface area contributed by atoms with Crippen molar-refractivity contribution in [3.63, 3.8) is 0 Å². The standard InChI is InChI=1S/C32H41FN2O2.ClH/c1-22-17-26-13-8-14-28(33)30(26)32(21-37-22)20-34-19-27(32)31(36)35-16-15-25(23-9-4-2-5-10-23)18-29(35)24-11-6-3-7-12-24;/h2,4-5,8-10,13-14,22,24-25,27,29,34H,3,6-7,11-12,15-21H2,1H3;1H/t22-,25+,27-,29-,32-;/m0./s1. The molecule has 0 radical (unpaired) electrons. The highest BCUT2D eigenvalue weighted by molar-refractivity contribution is 5.82. The number of piperidine rings is 1. The fraction of sp³-hybridized carbons (Fsp3) is 0.594. The van der Waals surface area contributed by atoms with E-state index in [1.807, 2.05) is 12.1 Å². The third-order valence-electron chi connectivity index (χ3n) is 10.00. The van der Waals surface area contributed by atoms with Gasteiger partial charge in [-0.15, -0.1) is 0 Å². The maximum atomic E-state index is 15.6. The second-order valence-corrected chi connectivity index (χ2v) is 12.2. The predicted octanol–water partition coefficient (Wildman–Crippen LogP) is 1.58. The number of amides is 1. The molecule has 1 saturated carbocycles. The summed E-state index contributed by atoms with van der Waals surface area (Å²) in [7, 11) is 0. The first-order valence-electron chi connectivity index (χ1n) is 14.6. The van der Waals surface area contributed by atoms with Gasteiger partial charge in [0.15, 0.2) is 0 Å². The molecule has 4 aliphatic rings. The molecule has 206 valence electrons. The number of benzene rings is 2. The Labute approximate surface area is 233 Å². The van der Waals surface area contributed by atoms with Crippen molar-refractivity contribution < 1.29 is 31.6 Å². The Morgan fingerprint density at radius 2 is 1.84 bits per heavy atom. The minimum absolute atomic E-state index is 0. The van der Waals surface area contributed by atoms with Gasteiger partial charge in [0.25, 0.3) is 0 Å². The molecule has 3 heterocycles. The third-order valence-corrected chi connectivity index (χ3v) is 10.00. The second-order valence-electron chi connectivity index (χ2n) is 12.2. The Bertz CT molecular complexity index is 1110. The Hall–Kier alpha value is -1.95. The summed E-state index contributed by atoms with van der Waals surface area (Å²) in [4.78, 5) is 16.9. The van der Waals surface area contributed by atoms with E-state index in [4.69, 9.17) is 4.74 Å². The van der Waals surface area contributed by atoms with Crippen LogP contribution in [-0.2, 0) is 21.4 Å². The topological polar surface area (TPSA) is 46.2 Å². The number of nitrogens with two attached hydrogens (primary N) is 1. The zero-order valence-corrected chi connectivity index (χ0v) is 23.3. The van der Waals surface area contributed by atoms with Gasteiger partial charge < -0.3 is 27.4 Å². The van der Waals surface area contributed by atoms with E-state index in [2.05, 4.69) is 47.5 Å². The molecule has 2 aromatic rings. The highest BCUT2D eigenvalue weighted by Crippen LogP contribution is 2.44. The van der Waals surface area contributed by atoms with Crippen LogP contribution < -0.4 is 17.7 Å². The van der Waals surface area contributed by atoms with Gasteiger partial charge in [-0.2, -0.15) is 0 Å². The van der Waals surface area contributed by atoms with Crippen LogP contribution in [0.25, 0.3) is 0 Å². The van der Waals surface area contributed by atoms with Crippen molar-refractivity contribution in [1.29, 1.82) is 0 Å². The summed E-state index contributed by atoms with van der Waals surface area (Å²) in [6.45, 7) is 4.70. The summed E-state index contributed by atoms with van der Waals surface area (Å²) >= 11 is 0. The molecule has 6 heteroatoms. The van der Waals surface area contributed by atoms with Crippen molar-refractivity contribution in [2.75, 3.05) is 26.2 Å². The molecule has 0 unspecified atom stereocenters. The van der Waals surface area contributed by atoms with E-state index in [9.17, 15) is 4.79 Å². The van der Waals surface area contributed by atoms with E-state index in [0.717, 1.165) is 30.5 Å². The first-order chi connectivity index (χ1) is 18.1. The monoisotopic (exact) mass is 540 g/mol. The van der Waals surface area contributed by atoms with E-state index in [0.29, 0.717) is 38.0 Å². The molecule has 38 heavy (non-hydrogen) atoms. The number of halogens is 2. The quantitative estimate of drug-likeness (QED) is 0.642. The number of carbonyl (C=O) groups is 1. The van der Waals surface area contributed by atoms with E-state index in [-0.39, 0.29) is 42.2 Å². The van der Waals surface area contributed by atoms with Crippen molar-refractivity contribution in [3.05, 3.63) is 71.0 Å². The molecular weight excluding hydrogens is 499 g/mol. The fourth-order valence-electron chi connectivity index (χ4n) is 8.14. The van der Waals surface area contributed by atoms with Crippen LogP contribution in [0, 0.1) is 17.7 Å². The zero-order chi connectivity index (χ0) is 25.4. The molecule has 1 spiro atoms. The zero-order valence-electron chi connectivity index (χ0n) is 22.6. The van der Waals surface area contributed by atoms with Crippen molar-refractivity contribution in [2.45, 2.75) is 81.8 Å². The lowest BCUT2D eigenvalue weighted by molar-refractivity contribution is -0.640. The Balaban J connectivity index is 0.00000294. The smallest absolute Gasteiger partial charge is 0.232 e. The number of nitrogens with zero attached hydrogens (tertiary/aromatic N) is 1. The van der Waals surface area contributed by atoms with Crippen LogP contribution in [0.5, 0.6) is 0 Å². The number of ether oxygens (including phenoxy) is 1. The average Bonchev–Trinajstić information content (AvgIpc) is 3.30. The van der Waals surface area contributed by atoms with E-state index < -0.39 is 5.41 Å². The SMILES string of the molecule is C[C@H]1Cc2cccc(F)c2[C@@]2(C[NH2+]C[C@H]2C(=O)N2CC[C@@H](c3ccccc3)C[C@H]2C2CCCCC2)CO1.[Cl-]. The van der Waals surface area contributed by atoms with Gasteiger partial charge in [-0.05, 0) is 68.1 Å². The highest BCUT2D eigenvalue weighted by Gasteiger charge is 2.56. The summed E-state index contributed by atoms with van der Waals surface area (Å²) in [6.07, 6.45) is 9.05. The maximum Gasteiger partial charge on any atom is 0.232 e. The van der Waals surface area contributed by atoms with Crippen LogP contribution in [0.2, 0.25) is 0 Å². The molecule has 5 atom stereocenters. The highest BCUT2D eigenvalue weighted by atomic mass is 35.5. The van der Waals surface area contributed by atoms with Gasteiger partial charge in [0, 0.05) is 18.2 Å². The number of quaternary nitrogens is 1. The molecular formula is C32H42ClFN2O2. The molecule has 1 aliphatic carbocycles. The van der Waals surface area contributed by atoms with Crippen LogP contribution >= 0.6 is 0 Å². The van der Waals surface area contributed by atoms with Crippen LogP contribution in [0.3, 0.4) is 0 Å². The molecule has 6 rings (SSSR count). The van der Waals surface area contributed by atoms with Crippen molar-refractivity contribution in [1.82, 2.24) is 4.90 Å². The number of carbonyl (C=O) groups excluding carboxylic acids is 1. The van der Waals surface area contributed by atoms with Crippen molar-refractivity contribution in [3.8, 4) is 0 Å². The van der Waals surface area contributed by atoms with Crippen LogP contribution in [-0.4, -0.2) is 49.2 Å². The van der Waals surface area contributed by atoms with Gasteiger partial charge in [-0.1, -0.05) is 61.7 Å². The maximum absolute atomic E-state index is 15.6. The molecule has 2 aromatic carbocycles. The van der Waals surface area contributed by atoms with Crippen molar-refractivity contribution in [2.24, 2.45) is 11.8 Å². The average molecular weight is 541 g/mol. The van der Waals surface area contributed by atoms with E-state index in [1.54, 1.807) is 6.07 Å². The third kappa shape index (κ3) is 5.02. The molecule has 3 fully saturated rings. The molecule has 2 saturated heterocycles. The van der Waals surface area contributed by atoms with E-state index >= 15 is 4.39 Å².